The van der Waals surface area contributed by atoms with Crippen LogP contribution in [-0.4, -0.2) is 25.6 Å². The van der Waals surface area contributed by atoms with Crippen molar-refractivity contribution < 1.29 is 19.1 Å². The van der Waals surface area contributed by atoms with Crippen LogP contribution in [0.2, 0.25) is 0 Å². The summed E-state index contributed by atoms with van der Waals surface area (Å²) in [6.07, 6.45) is 0.268. The average Bonchev–Trinajstić information content (AvgIpc) is 2.57. The molecule has 0 radical (unpaired) electrons. The van der Waals surface area contributed by atoms with Gasteiger partial charge >= 0.3 is 5.97 Å². The molecule has 1 amide bonds. The largest absolute Gasteiger partial charge is 0.496 e. The minimum Gasteiger partial charge on any atom is -0.496 e. The molecule has 0 atom stereocenters. The zero-order valence-corrected chi connectivity index (χ0v) is 15.0. The van der Waals surface area contributed by atoms with Gasteiger partial charge in [0.2, 0.25) is 5.91 Å². The van der Waals surface area contributed by atoms with Crippen molar-refractivity contribution in [3.8, 4) is 5.75 Å². The first-order chi connectivity index (χ1) is 11.9. The molecule has 0 bridgehead atoms. The Morgan fingerprint density at radius 2 is 1.80 bits per heavy atom. The normalized spacial score (nSPS) is 10.2. The Morgan fingerprint density at radius 1 is 1.04 bits per heavy atom. The number of hydrogen-bond donors (Lipinski definition) is 1. The second-order valence-corrected chi connectivity index (χ2v) is 5.78. The summed E-state index contributed by atoms with van der Waals surface area (Å²) in [5.41, 5.74) is 3.87. The van der Waals surface area contributed by atoms with Crippen LogP contribution >= 0.6 is 0 Å². The highest BCUT2D eigenvalue weighted by Crippen LogP contribution is 2.20. The molecule has 0 saturated heterocycles. The van der Waals surface area contributed by atoms with E-state index in [0.29, 0.717) is 17.9 Å². The van der Waals surface area contributed by atoms with E-state index in [9.17, 15) is 9.59 Å². The highest BCUT2D eigenvalue weighted by molar-refractivity contribution is 5.95. The lowest BCUT2D eigenvalue weighted by Crippen LogP contribution is -2.15. The van der Waals surface area contributed by atoms with Crippen molar-refractivity contribution in [2.75, 3.05) is 19.0 Å². The second kappa shape index (κ2) is 8.33. The fourth-order valence-corrected chi connectivity index (χ4v) is 2.58. The first-order valence-corrected chi connectivity index (χ1v) is 8.15. The van der Waals surface area contributed by atoms with E-state index < -0.39 is 0 Å². The fraction of sp³-hybridized carbons (Fsp3) is 0.300. The van der Waals surface area contributed by atoms with E-state index in [4.69, 9.17) is 9.47 Å². The molecule has 2 aromatic carbocycles. The van der Waals surface area contributed by atoms with Gasteiger partial charge < -0.3 is 14.8 Å². The van der Waals surface area contributed by atoms with Gasteiger partial charge in [0.1, 0.15) is 5.75 Å². The number of aryl methyl sites for hydroxylation is 2. The number of hydrogen-bond acceptors (Lipinski definition) is 4. The van der Waals surface area contributed by atoms with Crippen LogP contribution in [0.15, 0.2) is 36.4 Å². The number of carbonyl (C=O) groups is 2. The van der Waals surface area contributed by atoms with Gasteiger partial charge in [0.15, 0.2) is 0 Å². The van der Waals surface area contributed by atoms with Gasteiger partial charge in [-0.05, 0) is 61.7 Å². The molecule has 2 aromatic rings. The topological polar surface area (TPSA) is 64.6 Å². The lowest BCUT2D eigenvalue weighted by atomic mass is 10.1. The van der Waals surface area contributed by atoms with Gasteiger partial charge in [0.25, 0.3) is 0 Å². The van der Waals surface area contributed by atoms with Crippen LogP contribution in [0.1, 0.15) is 34.0 Å². The predicted molar refractivity (Wildman–Crippen MR) is 97.2 cm³/mol. The molecule has 25 heavy (non-hydrogen) atoms. The van der Waals surface area contributed by atoms with E-state index in [1.165, 1.54) is 0 Å². The number of carbonyl (C=O) groups excluding carboxylic acids is 2. The molecule has 0 spiro atoms. The molecule has 0 aliphatic carbocycles. The van der Waals surface area contributed by atoms with E-state index in [-0.39, 0.29) is 18.3 Å². The summed E-state index contributed by atoms with van der Waals surface area (Å²) in [6, 6.07) is 10.8. The number of benzene rings is 2. The van der Waals surface area contributed by atoms with E-state index in [2.05, 4.69) is 5.32 Å². The van der Waals surface area contributed by atoms with Crippen molar-refractivity contribution in [2.24, 2.45) is 0 Å². The lowest BCUT2D eigenvalue weighted by Gasteiger charge is -2.11. The van der Waals surface area contributed by atoms with Crippen molar-refractivity contribution in [1.82, 2.24) is 0 Å². The number of rotatable bonds is 6. The van der Waals surface area contributed by atoms with E-state index in [0.717, 1.165) is 22.4 Å². The lowest BCUT2D eigenvalue weighted by molar-refractivity contribution is -0.115. The zero-order chi connectivity index (χ0) is 18.4. The Bertz CT molecular complexity index is 783. The number of anilines is 1. The van der Waals surface area contributed by atoms with Crippen LogP contribution in [0.5, 0.6) is 5.75 Å². The standard InChI is InChI=1S/C20H23NO4/c1-5-25-20(23)16-7-8-17(13(2)11-16)21-19(22)12-15-6-9-18(24-4)14(3)10-15/h6-11H,5,12H2,1-4H3,(H,21,22). The molecule has 1 N–H and O–H groups in total. The molecule has 5 nitrogen and oxygen atoms in total. The Hall–Kier alpha value is -2.82. The molecule has 0 fully saturated rings. The molecule has 0 saturated carbocycles. The number of nitrogens with one attached hydrogen (secondary N) is 1. The zero-order valence-electron chi connectivity index (χ0n) is 15.0. The minimum atomic E-state index is -0.364. The molecule has 5 heteroatoms. The van der Waals surface area contributed by atoms with Crippen LogP contribution in [0.4, 0.5) is 5.69 Å². The number of esters is 1. The molecule has 0 aliphatic heterocycles. The number of amides is 1. The average molecular weight is 341 g/mol. The first-order valence-electron chi connectivity index (χ1n) is 8.15. The minimum absolute atomic E-state index is 0.114. The summed E-state index contributed by atoms with van der Waals surface area (Å²) in [5.74, 6) is 0.322. The Balaban J connectivity index is 2.05. The van der Waals surface area contributed by atoms with Crippen LogP contribution in [-0.2, 0) is 16.0 Å². The van der Waals surface area contributed by atoms with E-state index >= 15 is 0 Å². The third kappa shape index (κ3) is 4.83. The second-order valence-electron chi connectivity index (χ2n) is 5.78. The van der Waals surface area contributed by atoms with Gasteiger partial charge in [0.05, 0.1) is 25.7 Å². The van der Waals surface area contributed by atoms with Crippen LogP contribution in [0, 0.1) is 13.8 Å². The SMILES string of the molecule is CCOC(=O)c1ccc(NC(=O)Cc2ccc(OC)c(C)c2)c(C)c1. The summed E-state index contributed by atoms with van der Waals surface area (Å²) in [6.45, 7) is 5.88. The van der Waals surface area contributed by atoms with Crippen molar-refractivity contribution in [3.05, 3.63) is 58.7 Å². The molecule has 0 aliphatic rings. The third-order valence-electron chi connectivity index (χ3n) is 3.84. The summed E-state index contributed by atoms with van der Waals surface area (Å²) < 4.78 is 10.2. The maximum atomic E-state index is 12.3. The smallest absolute Gasteiger partial charge is 0.338 e. The molecule has 132 valence electrons. The molecule has 2 rings (SSSR count). The molecule has 0 aromatic heterocycles. The summed E-state index contributed by atoms with van der Waals surface area (Å²) in [5, 5.41) is 2.88. The Labute approximate surface area is 148 Å². The fourth-order valence-electron chi connectivity index (χ4n) is 2.58. The highest BCUT2D eigenvalue weighted by atomic mass is 16.5. The first kappa shape index (κ1) is 18.5. The summed E-state index contributed by atoms with van der Waals surface area (Å²) >= 11 is 0. The van der Waals surface area contributed by atoms with Gasteiger partial charge in [-0.1, -0.05) is 12.1 Å². The third-order valence-corrected chi connectivity index (χ3v) is 3.84. The number of ether oxygens (including phenoxy) is 2. The number of methoxy groups -OCH3 is 1. The van der Waals surface area contributed by atoms with Crippen LogP contribution in [0.3, 0.4) is 0 Å². The van der Waals surface area contributed by atoms with Crippen molar-refractivity contribution in [1.29, 1.82) is 0 Å². The molecule has 0 heterocycles. The van der Waals surface area contributed by atoms with Gasteiger partial charge in [-0.15, -0.1) is 0 Å². The van der Waals surface area contributed by atoms with E-state index in [1.54, 1.807) is 32.2 Å². The van der Waals surface area contributed by atoms with E-state index in [1.807, 2.05) is 32.0 Å². The summed E-state index contributed by atoms with van der Waals surface area (Å²) in [7, 11) is 1.62. The molecular weight excluding hydrogens is 318 g/mol. The highest BCUT2D eigenvalue weighted by Gasteiger charge is 2.11. The maximum absolute atomic E-state index is 12.3. The Morgan fingerprint density at radius 3 is 2.40 bits per heavy atom. The quantitative estimate of drug-likeness (QED) is 0.814. The molecular formula is C20H23NO4. The van der Waals surface area contributed by atoms with Gasteiger partial charge in [0, 0.05) is 5.69 Å². The summed E-state index contributed by atoms with van der Waals surface area (Å²) in [4.78, 5) is 24.0. The van der Waals surface area contributed by atoms with Gasteiger partial charge in [-0.25, -0.2) is 4.79 Å². The van der Waals surface area contributed by atoms with Gasteiger partial charge in [-0.2, -0.15) is 0 Å². The van der Waals surface area contributed by atoms with Crippen LogP contribution < -0.4 is 10.1 Å². The maximum Gasteiger partial charge on any atom is 0.338 e. The van der Waals surface area contributed by atoms with Crippen molar-refractivity contribution in [3.63, 3.8) is 0 Å². The Kier molecular flexibility index (Phi) is 6.17. The molecule has 0 unspecified atom stereocenters. The predicted octanol–water partition coefficient (Wildman–Crippen LogP) is 3.67. The van der Waals surface area contributed by atoms with Crippen LogP contribution in [0.25, 0.3) is 0 Å². The van der Waals surface area contributed by atoms with Crippen molar-refractivity contribution >= 4 is 17.6 Å². The monoisotopic (exact) mass is 341 g/mol. The van der Waals surface area contributed by atoms with Gasteiger partial charge in [-0.3, -0.25) is 4.79 Å². The van der Waals surface area contributed by atoms with Crippen molar-refractivity contribution in [2.45, 2.75) is 27.2 Å².